The van der Waals surface area contributed by atoms with Gasteiger partial charge in [-0.3, -0.25) is 4.79 Å². The van der Waals surface area contributed by atoms with Crippen LogP contribution in [0.2, 0.25) is 0 Å². The van der Waals surface area contributed by atoms with E-state index in [9.17, 15) is 4.79 Å². The lowest BCUT2D eigenvalue weighted by Crippen LogP contribution is -2.16. The third-order valence-corrected chi connectivity index (χ3v) is 2.25. The second-order valence-corrected chi connectivity index (χ2v) is 3.37. The molecule has 1 aliphatic carbocycles. The van der Waals surface area contributed by atoms with E-state index in [1.165, 1.54) is 5.57 Å². The predicted molar refractivity (Wildman–Crippen MR) is 48.0 cm³/mol. The molecule has 2 heteroatoms. The Bertz CT molecular complexity index is 194. The molecule has 1 fully saturated rings. The van der Waals surface area contributed by atoms with Crippen LogP contribution in [-0.2, 0) is 9.53 Å². The van der Waals surface area contributed by atoms with Gasteiger partial charge in [0.1, 0.15) is 0 Å². The number of carbonyl (C=O) groups excluding carboxylic acids is 1. The van der Waals surface area contributed by atoms with E-state index in [2.05, 4.69) is 0 Å². The van der Waals surface area contributed by atoms with E-state index in [-0.39, 0.29) is 5.78 Å². The van der Waals surface area contributed by atoms with Gasteiger partial charge in [0.15, 0.2) is 5.78 Å². The van der Waals surface area contributed by atoms with Crippen LogP contribution in [0.15, 0.2) is 11.6 Å². The minimum Gasteiger partial charge on any atom is -0.381 e. The third-order valence-electron chi connectivity index (χ3n) is 2.25. The second-order valence-electron chi connectivity index (χ2n) is 3.37. The lowest BCUT2D eigenvalue weighted by Gasteiger charge is -2.22. The topological polar surface area (TPSA) is 26.3 Å². The van der Waals surface area contributed by atoms with Crippen molar-refractivity contribution in [3.05, 3.63) is 11.6 Å². The SMILES string of the molecule is COC1CCCC(=CC(C)=O)C1. The van der Waals surface area contributed by atoms with Gasteiger partial charge in [-0.2, -0.15) is 0 Å². The Morgan fingerprint density at radius 1 is 1.67 bits per heavy atom. The van der Waals surface area contributed by atoms with E-state index >= 15 is 0 Å². The fourth-order valence-electron chi connectivity index (χ4n) is 1.67. The first-order valence-electron chi connectivity index (χ1n) is 4.45. The fourth-order valence-corrected chi connectivity index (χ4v) is 1.67. The number of ether oxygens (including phenoxy) is 1. The molecule has 1 aliphatic rings. The largest absolute Gasteiger partial charge is 0.381 e. The quantitative estimate of drug-likeness (QED) is 0.590. The normalized spacial score (nSPS) is 27.5. The molecule has 0 N–H and O–H groups in total. The second kappa shape index (κ2) is 4.41. The summed E-state index contributed by atoms with van der Waals surface area (Å²) in [5.41, 5.74) is 1.25. The maximum absolute atomic E-state index is 10.8. The summed E-state index contributed by atoms with van der Waals surface area (Å²) >= 11 is 0. The molecular formula is C10H16O2. The van der Waals surface area contributed by atoms with Gasteiger partial charge >= 0.3 is 0 Å². The minimum absolute atomic E-state index is 0.154. The standard InChI is InChI=1S/C10H16O2/c1-8(11)6-9-4-3-5-10(7-9)12-2/h6,10H,3-5,7H2,1-2H3. The Labute approximate surface area is 73.6 Å². The molecular weight excluding hydrogens is 152 g/mol. The monoisotopic (exact) mass is 168 g/mol. The Kier molecular flexibility index (Phi) is 3.48. The molecule has 0 saturated heterocycles. The third kappa shape index (κ3) is 2.78. The Morgan fingerprint density at radius 2 is 2.42 bits per heavy atom. The first kappa shape index (κ1) is 9.46. The van der Waals surface area contributed by atoms with Crippen molar-refractivity contribution in [1.82, 2.24) is 0 Å². The summed E-state index contributed by atoms with van der Waals surface area (Å²) in [5, 5.41) is 0. The number of ketones is 1. The number of allylic oxidation sites excluding steroid dienone is 1. The summed E-state index contributed by atoms with van der Waals surface area (Å²) in [6.07, 6.45) is 6.38. The zero-order valence-corrected chi connectivity index (χ0v) is 7.80. The summed E-state index contributed by atoms with van der Waals surface area (Å²) in [5.74, 6) is 0.154. The van der Waals surface area contributed by atoms with Gasteiger partial charge < -0.3 is 4.74 Å². The van der Waals surface area contributed by atoms with Crippen LogP contribution in [0.1, 0.15) is 32.6 Å². The first-order valence-corrected chi connectivity index (χ1v) is 4.45. The van der Waals surface area contributed by atoms with Crippen molar-refractivity contribution < 1.29 is 9.53 Å². The first-order chi connectivity index (χ1) is 5.72. The summed E-state index contributed by atoms with van der Waals surface area (Å²) in [6.45, 7) is 1.60. The molecule has 1 unspecified atom stereocenters. The summed E-state index contributed by atoms with van der Waals surface area (Å²) < 4.78 is 5.25. The van der Waals surface area contributed by atoms with Crippen LogP contribution in [0.4, 0.5) is 0 Å². The molecule has 68 valence electrons. The predicted octanol–water partition coefficient (Wildman–Crippen LogP) is 2.09. The van der Waals surface area contributed by atoms with Crippen molar-refractivity contribution in [2.45, 2.75) is 38.7 Å². The molecule has 1 atom stereocenters. The van der Waals surface area contributed by atoms with Crippen molar-refractivity contribution in [3.8, 4) is 0 Å². The summed E-state index contributed by atoms with van der Waals surface area (Å²) in [7, 11) is 1.74. The Hall–Kier alpha value is -0.630. The number of hydrogen-bond acceptors (Lipinski definition) is 2. The van der Waals surface area contributed by atoms with E-state index in [1.54, 1.807) is 20.1 Å². The highest BCUT2D eigenvalue weighted by Gasteiger charge is 2.16. The number of carbonyl (C=O) groups is 1. The maximum atomic E-state index is 10.8. The number of rotatable bonds is 2. The van der Waals surface area contributed by atoms with Crippen molar-refractivity contribution in [2.24, 2.45) is 0 Å². The molecule has 1 saturated carbocycles. The molecule has 0 amide bonds. The molecule has 0 spiro atoms. The molecule has 2 nitrogen and oxygen atoms in total. The summed E-state index contributed by atoms with van der Waals surface area (Å²) in [4.78, 5) is 10.8. The van der Waals surface area contributed by atoms with Crippen LogP contribution < -0.4 is 0 Å². The molecule has 0 aromatic rings. The molecule has 0 aromatic heterocycles. The van der Waals surface area contributed by atoms with Crippen LogP contribution in [0, 0.1) is 0 Å². The number of methoxy groups -OCH3 is 1. The van der Waals surface area contributed by atoms with Crippen molar-refractivity contribution in [1.29, 1.82) is 0 Å². The Morgan fingerprint density at radius 3 is 3.00 bits per heavy atom. The Balaban J connectivity index is 2.51. The minimum atomic E-state index is 0.154. The highest BCUT2D eigenvalue weighted by molar-refractivity contribution is 5.87. The summed E-state index contributed by atoms with van der Waals surface area (Å²) in [6, 6.07) is 0. The van der Waals surface area contributed by atoms with Gasteiger partial charge in [0.05, 0.1) is 6.10 Å². The van der Waals surface area contributed by atoms with E-state index < -0.39 is 0 Å². The fraction of sp³-hybridized carbons (Fsp3) is 0.700. The lowest BCUT2D eigenvalue weighted by molar-refractivity contribution is -0.112. The number of hydrogen-bond donors (Lipinski definition) is 0. The van der Waals surface area contributed by atoms with Gasteiger partial charge in [0, 0.05) is 7.11 Å². The van der Waals surface area contributed by atoms with Crippen LogP contribution >= 0.6 is 0 Å². The van der Waals surface area contributed by atoms with Gasteiger partial charge in [0.2, 0.25) is 0 Å². The van der Waals surface area contributed by atoms with Gasteiger partial charge in [-0.05, 0) is 38.7 Å². The molecule has 12 heavy (non-hydrogen) atoms. The van der Waals surface area contributed by atoms with Crippen molar-refractivity contribution in [2.75, 3.05) is 7.11 Å². The average Bonchev–Trinajstić information content (AvgIpc) is 2.03. The molecule has 0 aliphatic heterocycles. The van der Waals surface area contributed by atoms with Crippen LogP contribution in [0.5, 0.6) is 0 Å². The highest BCUT2D eigenvalue weighted by atomic mass is 16.5. The van der Waals surface area contributed by atoms with E-state index in [1.807, 2.05) is 0 Å². The van der Waals surface area contributed by atoms with E-state index in [0.717, 1.165) is 25.7 Å². The van der Waals surface area contributed by atoms with Gasteiger partial charge in [-0.15, -0.1) is 0 Å². The molecule has 0 aromatic carbocycles. The van der Waals surface area contributed by atoms with Crippen LogP contribution in [0.25, 0.3) is 0 Å². The maximum Gasteiger partial charge on any atom is 0.152 e. The zero-order valence-electron chi connectivity index (χ0n) is 7.80. The van der Waals surface area contributed by atoms with E-state index in [4.69, 9.17) is 4.74 Å². The smallest absolute Gasteiger partial charge is 0.152 e. The van der Waals surface area contributed by atoms with Gasteiger partial charge in [-0.25, -0.2) is 0 Å². The molecule has 0 radical (unpaired) electrons. The lowest BCUT2D eigenvalue weighted by atomic mass is 9.92. The highest BCUT2D eigenvalue weighted by Crippen LogP contribution is 2.24. The van der Waals surface area contributed by atoms with Gasteiger partial charge in [-0.1, -0.05) is 5.57 Å². The average molecular weight is 168 g/mol. The van der Waals surface area contributed by atoms with Crippen molar-refractivity contribution >= 4 is 5.78 Å². The zero-order chi connectivity index (χ0) is 8.97. The van der Waals surface area contributed by atoms with Gasteiger partial charge in [0.25, 0.3) is 0 Å². The molecule has 1 rings (SSSR count). The van der Waals surface area contributed by atoms with E-state index in [0.29, 0.717) is 6.10 Å². The van der Waals surface area contributed by atoms with Crippen LogP contribution in [0.3, 0.4) is 0 Å². The molecule has 0 heterocycles. The van der Waals surface area contributed by atoms with Crippen LogP contribution in [-0.4, -0.2) is 19.0 Å². The molecule has 0 bridgehead atoms. The van der Waals surface area contributed by atoms with Crippen molar-refractivity contribution in [3.63, 3.8) is 0 Å².